The van der Waals surface area contributed by atoms with Crippen LogP contribution in [0.15, 0.2) is 11.2 Å². The van der Waals surface area contributed by atoms with Gasteiger partial charge in [-0.2, -0.15) is 0 Å². The Morgan fingerprint density at radius 2 is 2.06 bits per heavy atom. The van der Waals surface area contributed by atoms with Gasteiger partial charge >= 0.3 is 0 Å². The van der Waals surface area contributed by atoms with Crippen LogP contribution in [0.5, 0.6) is 0 Å². The molecule has 0 atom stereocenters. The van der Waals surface area contributed by atoms with Gasteiger partial charge in [0.1, 0.15) is 11.6 Å². The third-order valence-electron chi connectivity index (χ3n) is 1.74. The molecule has 0 saturated carbocycles. The van der Waals surface area contributed by atoms with Gasteiger partial charge in [-0.25, -0.2) is 15.8 Å². The summed E-state index contributed by atoms with van der Waals surface area (Å²) < 4.78 is 0. The molecule has 6 nitrogen and oxygen atoms in total. The molecule has 0 aromatic carbocycles. The molecule has 0 fully saturated rings. The number of thioether (sulfide) groups is 1. The highest BCUT2D eigenvalue weighted by atomic mass is 32.2. The number of nitrogens with one attached hydrogen (secondary N) is 2. The van der Waals surface area contributed by atoms with Crippen molar-refractivity contribution in [1.29, 1.82) is 0 Å². The number of nitrogens with two attached hydrogens (primary N) is 1. The van der Waals surface area contributed by atoms with E-state index in [4.69, 9.17) is 5.84 Å². The fourth-order valence-corrected chi connectivity index (χ4v) is 1.37. The van der Waals surface area contributed by atoms with E-state index in [0.717, 1.165) is 0 Å². The van der Waals surface area contributed by atoms with Gasteiger partial charge in [-0.05, 0) is 20.1 Å². The highest BCUT2D eigenvalue weighted by Crippen LogP contribution is 2.17. The number of rotatable bonds is 5. The molecule has 0 aliphatic rings. The predicted molar refractivity (Wildman–Crippen MR) is 66.4 cm³/mol. The first-order valence-electron chi connectivity index (χ1n) is 4.80. The SMILES string of the molecule is CSc1nc(NN)cc(NCC(C)(C)O)n1. The van der Waals surface area contributed by atoms with Crippen molar-refractivity contribution in [2.24, 2.45) is 5.84 Å². The van der Waals surface area contributed by atoms with Crippen LogP contribution in [0, 0.1) is 0 Å². The first kappa shape index (κ1) is 13.0. The van der Waals surface area contributed by atoms with Crippen LogP contribution in [-0.4, -0.2) is 33.5 Å². The minimum absolute atomic E-state index is 0.405. The van der Waals surface area contributed by atoms with Crippen LogP contribution in [0.4, 0.5) is 11.6 Å². The van der Waals surface area contributed by atoms with Crippen molar-refractivity contribution >= 4 is 23.4 Å². The van der Waals surface area contributed by atoms with Crippen molar-refractivity contribution in [3.8, 4) is 0 Å². The monoisotopic (exact) mass is 243 g/mol. The first-order valence-corrected chi connectivity index (χ1v) is 6.03. The lowest BCUT2D eigenvalue weighted by Crippen LogP contribution is -2.29. The molecule has 1 aromatic heterocycles. The maximum Gasteiger partial charge on any atom is 0.191 e. The average Bonchev–Trinajstić information content (AvgIpc) is 2.25. The summed E-state index contributed by atoms with van der Waals surface area (Å²) in [6, 6.07) is 1.69. The number of aliphatic hydroxyl groups is 1. The van der Waals surface area contributed by atoms with E-state index in [1.54, 1.807) is 19.9 Å². The molecule has 0 unspecified atom stereocenters. The van der Waals surface area contributed by atoms with Crippen LogP contribution in [0.2, 0.25) is 0 Å². The lowest BCUT2D eigenvalue weighted by molar-refractivity contribution is 0.0944. The Bertz CT molecular complexity index is 330. The molecule has 16 heavy (non-hydrogen) atoms. The van der Waals surface area contributed by atoms with E-state index in [1.807, 2.05) is 6.26 Å². The highest BCUT2D eigenvalue weighted by molar-refractivity contribution is 7.98. The van der Waals surface area contributed by atoms with Gasteiger partial charge in [-0.1, -0.05) is 11.8 Å². The molecule has 0 saturated heterocycles. The third-order valence-corrected chi connectivity index (χ3v) is 2.29. The lowest BCUT2D eigenvalue weighted by Gasteiger charge is -2.18. The van der Waals surface area contributed by atoms with Crippen molar-refractivity contribution < 1.29 is 5.11 Å². The molecular formula is C9H17N5OS. The molecule has 0 radical (unpaired) electrons. The molecule has 1 heterocycles. The molecule has 5 N–H and O–H groups in total. The van der Waals surface area contributed by atoms with Crippen LogP contribution >= 0.6 is 11.8 Å². The van der Waals surface area contributed by atoms with E-state index >= 15 is 0 Å². The maximum absolute atomic E-state index is 9.58. The summed E-state index contributed by atoms with van der Waals surface area (Å²) in [5, 5.41) is 13.2. The quantitative estimate of drug-likeness (QED) is 0.261. The van der Waals surface area contributed by atoms with Crippen LogP contribution in [-0.2, 0) is 0 Å². The number of hydrogen-bond donors (Lipinski definition) is 4. The zero-order valence-corrected chi connectivity index (χ0v) is 10.4. The summed E-state index contributed by atoms with van der Waals surface area (Å²) in [6.45, 7) is 3.85. The van der Waals surface area contributed by atoms with Crippen molar-refractivity contribution in [3.05, 3.63) is 6.07 Å². The average molecular weight is 243 g/mol. The number of hydrogen-bond acceptors (Lipinski definition) is 7. The normalized spacial score (nSPS) is 11.3. The lowest BCUT2D eigenvalue weighted by atomic mass is 10.1. The number of aromatic nitrogens is 2. The number of anilines is 2. The smallest absolute Gasteiger partial charge is 0.191 e. The van der Waals surface area contributed by atoms with Crippen LogP contribution in [0.25, 0.3) is 0 Å². The first-order chi connectivity index (χ1) is 7.44. The zero-order chi connectivity index (χ0) is 12.2. The van der Waals surface area contributed by atoms with Crippen LogP contribution in [0.1, 0.15) is 13.8 Å². The van der Waals surface area contributed by atoms with Crippen LogP contribution in [0.3, 0.4) is 0 Å². The fourth-order valence-electron chi connectivity index (χ4n) is 0.988. The fraction of sp³-hybridized carbons (Fsp3) is 0.556. The molecule has 1 rings (SSSR count). The number of nitrogen functional groups attached to an aromatic ring is 1. The van der Waals surface area contributed by atoms with Crippen molar-refractivity contribution in [2.75, 3.05) is 23.5 Å². The molecule has 7 heteroatoms. The van der Waals surface area contributed by atoms with Crippen molar-refractivity contribution in [3.63, 3.8) is 0 Å². The van der Waals surface area contributed by atoms with E-state index in [-0.39, 0.29) is 0 Å². The number of nitrogens with zero attached hydrogens (tertiary/aromatic N) is 2. The summed E-state index contributed by atoms with van der Waals surface area (Å²) in [5.41, 5.74) is 1.68. The standard InChI is InChI=1S/C9H17N5OS/c1-9(2,15)5-11-6-4-7(14-10)13-8(12-6)16-3/h4,15H,5,10H2,1-3H3,(H2,11,12,13,14). The van der Waals surface area contributed by atoms with E-state index < -0.39 is 5.60 Å². The summed E-state index contributed by atoms with van der Waals surface area (Å²) in [4.78, 5) is 8.37. The van der Waals surface area contributed by atoms with Crippen molar-refractivity contribution in [2.45, 2.75) is 24.6 Å². The molecule has 0 aliphatic heterocycles. The Hall–Kier alpha value is -1.05. The summed E-state index contributed by atoms with van der Waals surface area (Å²) in [7, 11) is 0. The minimum atomic E-state index is -0.791. The Morgan fingerprint density at radius 1 is 1.44 bits per heavy atom. The van der Waals surface area contributed by atoms with Gasteiger partial charge in [-0.15, -0.1) is 0 Å². The van der Waals surface area contributed by atoms with Gasteiger partial charge < -0.3 is 15.8 Å². The Balaban J connectivity index is 2.79. The second kappa shape index (κ2) is 5.33. The Morgan fingerprint density at radius 3 is 2.56 bits per heavy atom. The van der Waals surface area contributed by atoms with E-state index in [9.17, 15) is 5.11 Å². The van der Waals surface area contributed by atoms with E-state index in [0.29, 0.717) is 23.3 Å². The molecular weight excluding hydrogens is 226 g/mol. The molecule has 0 spiro atoms. The number of hydrazine groups is 1. The van der Waals surface area contributed by atoms with Crippen LogP contribution < -0.4 is 16.6 Å². The molecule has 0 amide bonds. The largest absolute Gasteiger partial charge is 0.389 e. The predicted octanol–water partition coefficient (Wildman–Crippen LogP) is 0.667. The maximum atomic E-state index is 9.58. The summed E-state index contributed by atoms with van der Waals surface area (Å²) in [5.74, 6) is 6.47. The van der Waals surface area contributed by atoms with Gasteiger partial charge in [-0.3, -0.25) is 0 Å². The van der Waals surface area contributed by atoms with E-state index in [2.05, 4.69) is 20.7 Å². The van der Waals surface area contributed by atoms with Gasteiger partial charge in [0.25, 0.3) is 0 Å². The Labute approximate surface area is 99.0 Å². The summed E-state index contributed by atoms with van der Waals surface area (Å²) in [6.07, 6.45) is 1.88. The third kappa shape index (κ3) is 4.21. The van der Waals surface area contributed by atoms with Gasteiger partial charge in [0.2, 0.25) is 0 Å². The molecule has 0 aliphatic carbocycles. The van der Waals surface area contributed by atoms with E-state index in [1.165, 1.54) is 11.8 Å². The highest BCUT2D eigenvalue weighted by Gasteiger charge is 2.12. The minimum Gasteiger partial charge on any atom is -0.389 e. The topological polar surface area (TPSA) is 96.1 Å². The van der Waals surface area contributed by atoms with Gasteiger partial charge in [0.15, 0.2) is 5.16 Å². The molecule has 0 bridgehead atoms. The van der Waals surface area contributed by atoms with Gasteiger partial charge in [0, 0.05) is 12.6 Å². The second-order valence-electron chi connectivity index (χ2n) is 3.94. The van der Waals surface area contributed by atoms with Crippen molar-refractivity contribution in [1.82, 2.24) is 9.97 Å². The van der Waals surface area contributed by atoms with Gasteiger partial charge in [0.05, 0.1) is 5.60 Å². The zero-order valence-electron chi connectivity index (χ0n) is 9.61. The molecule has 90 valence electrons. The molecule has 1 aromatic rings. The Kier molecular flexibility index (Phi) is 4.34. The summed E-state index contributed by atoms with van der Waals surface area (Å²) >= 11 is 1.43. The second-order valence-corrected chi connectivity index (χ2v) is 4.71.